The van der Waals surface area contributed by atoms with E-state index in [1.165, 1.54) is 0 Å². The molecule has 0 spiro atoms. The van der Waals surface area contributed by atoms with Crippen LogP contribution in [0.4, 0.5) is 5.69 Å². The van der Waals surface area contributed by atoms with E-state index in [1.807, 2.05) is 60.3 Å². The molecule has 2 saturated carbocycles. The quantitative estimate of drug-likeness (QED) is 0.747. The fourth-order valence-electron chi connectivity index (χ4n) is 4.99. The Kier molecular flexibility index (Phi) is 3.75. The van der Waals surface area contributed by atoms with Crippen LogP contribution >= 0.6 is 15.9 Å². The van der Waals surface area contributed by atoms with Crippen molar-refractivity contribution in [2.75, 3.05) is 5.32 Å². The summed E-state index contributed by atoms with van der Waals surface area (Å²) >= 11 is 3.58. The SMILES string of the molecule is CC12CCC(C(=O)Nc3ccccc3-n3cccc3)(C(Br)C1=O)C2(C)C. The van der Waals surface area contributed by atoms with Crippen LogP contribution in [-0.2, 0) is 9.59 Å². The number of hydrogen-bond donors (Lipinski definition) is 1. The van der Waals surface area contributed by atoms with Gasteiger partial charge in [0.25, 0.3) is 0 Å². The molecule has 1 aromatic heterocycles. The van der Waals surface area contributed by atoms with Gasteiger partial charge in [-0.1, -0.05) is 48.8 Å². The van der Waals surface area contributed by atoms with E-state index in [1.54, 1.807) is 0 Å². The van der Waals surface area contributed by atoms with Crippen molar-refractivity contribution >= 4 is 33.3 Å². The van der Waals surface area contributed by atoms with E-state index < -0.39 is 21.1 Å². The maximum atomic E-state index is 13.5. The Morgan fingerprint density at radius 3 is 2.38 bits per heavy atom. The van der Waals surface area contributed by atoms with Crippen molar-refractivity contribution in [2.45, 2.75) is 38.4 Å². The highest BCUT2D eigenvalue weighted by molar-refractivity contribution is 9.10. The molecule has 4 nitrogen and oxygen atoms in total. The van der Waals surface area contributed by atoms with Gasteiger partial charge in [0.05, 0.1) is 21.6 Å². The first-order valence-electron chi connectivity index (χ1n) is 8.98. The molecule has 2 bridgehead atoms. The highest BCUT2D eigenvalue weighted by atomic mass is 79.9. The summed E-state index contributed by atoms with van der Waals surface area (Å²) in [4.78, 5) is 26.0. The molecule has 2 aliphatic carbocycles. The number of halogens is 1. The molecular weight excluding hydrogens is 392 g/mol. The number of carbonyl (C=O) groups is 2. The summed E-state index contributed by atoms with van der Waals surface area (Å²) in [5, 5.41) is 3.14. The van der Waals surface area contributed by atoms with E-state index in [0.717, 1.165) is 24.2 Å². The van der Waals surface area contributed by atoms with Crippen molar-refractivity contribution in [1.82, 2.24) is 4.57 Å². The van der Waals surface area contributed by atoms with E-state index in [-0.39, 0.29) is 11.7 Å². The van der Waals surface area contributed by atoms with E-state index >= 15 is 0 Å². The van der Waals surface area contributed by atoms with E-state index in [2.05, 4.69) is 35.1 Å². The van der Waals surface area contributed by atoms with Gasteiger partial charge in [0.2, 0.25) is 5.91 Å². The Morgan fingerprint density at radius 2 is 1.77 bits per heavy atom. The van der Waals surface area contributed by atoms with Crippen LogP contribution in [-0.4, -0.2) is 21.1 Å². The fourth-order valence-corrected chi connectivity index (χ4v) is 6.50. The van der Waals surface area contributed by atoms with Crippen LogP contribution in [0.25, 0.3) is 5.69 Å². The van der Waals surface area contributed by atoms with Crippen LogP contribution < -0.4 is 5.32 Å². The van der Waals surface area contributed by atoms with Crippen molar-refractivity contribution in [3.8, 4) is 5.69 Å². The lowest BCUT2D eigenvalue weighted by Crippen LogP contribution is -2.48. The summed E-state index contributed by atoms with van der Waals surface area (Å²) in [6.45, 7) is 6.15. The highest BCUT2D eigenvalue weighted by Gasteiger charge is 2.76. The number of fused-ring (bicyclic) bond motifs is 2. The molecule has 1 aromatic carbocycles. The summed E-state index contributed by atoms with van der Waals surface area (Å²) in [6, 6.07) is 11.6. The average Bonchev–Trinajstić information content (AvgIpc) is 3.23. The number of benzene rings is 1. The maximum Gasteiger partial charge on any atom is 0.232 e. The minimum Gasteiger partial charge on any atom is -0.324 e. The van der Waals surface area contributed by atoms with Crippen LogP contribution in [0.5, 0.6) is 0 Å². The summed E-state index contributed by atoms with van der Waals surface area (Å²) in [5.41, 5.74) is 0.0708. The van der Waals surface area contributed by atoms with Gasteiger partial charge in [-0.2, -0.15) is 0 Å². The molecule has 4 rings (SSSR count). The zero-order valence-electron chi connectivity index (χ0n) is 15.3. The first-order chi connectivity index (χ1) is 12.3. The molecule has 26 heavy (non-hydrogen) atoms. The Bertz CT molecular complexity index is 889. The molecule has 5 heteroatoms. The molecule has 2 aromatic rings. The molecule has 3 unspecified atom stereocenters. The second-order valence-electron chi connectivity index (χ2n) is 8.22. The lowest BCUT2D eigenvalue weighted by molar-refractivity contribution is -0.130. The summed E-state index contributed by atoms with van der Waals surface area (Å²) in [7, 11) is 0. The largest absolute Gasteiger partial charge is 0.324 e. The number of hydrogen-bond acceptors (Lipinski definition) is 2. The molecule has 3 atom stereocenters. The minimum atomic E-state index is -0.733. The van der Waals surface area contributed by atoms with Crippen LogP contribution in [0.15, 0.2) is 48.8 Å². The topological polar surface area (TPSA) is 51.1 Å². The van der Waals surface area contributed by atoms with Gasteiger partial charge in [0.15, 0.2) is 5.78 Å². The van der Waals surface area contributed by atoms with Gasteiger partial charge in [0.1, 0.15) is 0 Å². The number of nitrogens with one attached hydrogen (secondary N) is 1. The summed E-state index contributed by atoms with van der Waals surface area (Å²) in [5.74, 6) is 0.0844. The lowest BCUT2D eigenvalue weighted by Gasteiger charge is -2.39. The Hall–Kier alpha value is -1.88. The molecule has 1 heterocycles. The average molecular weight is 415 g/mol. The van der Waals surface area contributed by atoms with Crippen molar-refractivity contribution in [1.29, 1.82) is 0 Å². The smallest absolute Gasteiger partial charge is 0.232 e. The van der Waals surface area contributed by atoms with Crippen molar-refractivity contribution in [3.05, 3.63) is 48.8 Å². The van der Waals surface area contributed by atoms with Gasteiger partial charge in [0, 0.05) is 17.8 Å². The van der Waals surface area contributed by atoms with Gasteiger partial charge in [-0.25, -0.2) is 0 Å². The zero-order chi connectivity index (χ0) is 18.7. The molecule has 1 amide bonds. The number of rotatable bonds is 3. The second kappa shape index (κ2) is 5.56. The van der Waals surface area contributed by atoms with Crippen LogP contribution in [0.1, 0.15) is 33.6 Å². The molecule has 136 valence electrons. The third-order valence-electron chi connectivity index (χ3n) is 7.16. The third kappa shape index (κ3) is 1.95. The lowest BCUT2D eigenvalue weighted by atomic mass is 9.64. The number of carbonyl (C=O) groups excluding carboxylic acids is 2. The highest BCUT2D eigenvalue weighted by Crippen LogP contribution is 2.72. The summed E-state index contributed by atoms with van der Waals surface area (Å²) < 4.78 is 1.97. The monoisotopic (exact) mass is 414 g/mol. The van der Waals surface area contributed by atoms with E-state index in [9.17, 15) is 9.59 Å². The van der Waals surface area contributed by atoms with Gasteiger partial charge in [-0.05, 0) is 42.5 Å². The maximum absolute atomic E-state index is 13.5. The number of amides is 1. The third-order valence-corrected chi connectivity index (χ3v) is 8.36. The number of Topliss-reactive ketones (excluding diaryl/α,β-unsaturated/α-hetero) is 1. The second-order valence-corrected chi connectivity index (χ2v) is 9.13. The normalized spacial score (nSPS) is 32.0. The molecule has 1 N–H and O–H groups in total. The molecule has 0 radical (unpaired) electrons. The molecular formula is C21H23BrN2O2. The predicted octanol–water partition coefficient (Wildman–Crippen LogP) is 4.57. The minimum absolute atomic E-state index is 0.0708. The first-order valence-corrected chi connectivity index (χ1v) is 9.89. The van der Waals surface area contributed by atoms with Crippen LogP contribution in [0.2, 0.25) is 0 Å². The number of para-hydroxylation sites is 2. The van der Waals surface area contributed by atoms with Gasteiger partial charge in [-0.3, -0.25) is 9.59 Å². The number of aromatic nitrogens is 1. The van der Waals surface area contributed by atoms with Gasteiger partial charge in [-0.15, -0.1) is 0 Å². The van der Waals surface area contributed by atoms with Gasteiger partial charge < -0.3 is 9.88 Å². The van der Waals surface area contributed by atoms with Crippen molar-refractivity contribution in [2.24, 2.45) is 16.2 Å². The number of nitrogens with zero attached hydrogens (tertiary/aromatic N) is 1. The summed E-state index contributed by atoms with van der Waals surface area (Å²) in [6.07, 6.45) is 5.38. The predicted molar refractivity (Wildman–Crippen MR) is 106 cm³/mol. The Balaban J connectivity index is 1.74. The standard InChI is InChI=1S/C21H23BrN2O2/c1-19(2)20(3)10-11-21(19,16(22)17(20)25)18(26)23-14-8-4-5-9-15(14)24-12-6-7-13-24/h4-9,12-13,16H,10-11H2,1-3H3,(H,23,26). The Labute approximate surface area is 162 Å². The van der Waals surface area contributed by atoms with Crippen molar-refractivity contribution < 1.29 is 9.59 Å². The Morgan fingerprint density at radius 1 is 1.12 bits per heavy atom. The first kappa shape index (κ1) is 17.5. The van der Waals surface area contributed by atoms with Crippen molar-refractivity contribution in [3.63, 3.8) is 0 Å². The number of ketones is 1. The van der Waals surface area contributed by atoms with Crippen LogP contribution in [0.3, 0.4) is 0 Å². The van der Waals surface area contributed by atoms with E-state index in [4.69, 9.17) is 0 Å². The number of anilines is 1. The van der Waals surface area contributed by atoms with Crippen LogP contribution in [0, 0.1) is 16.2 Å². The molecule has 2 aliphatic rings. The zero-order valence-corrected chi connectivity index (χ0v) is 16.8. The number of alkyl halides is 1. The van der Waals surface area contributed by atoms with Gasteiger partial charge >= 0.3 is 0 Å². The molecule has 0 aliphatic heterocycles. The molecule has 2 fully saturated rings. The van der Waals surface area contributed by atoms with E-state index in [0.29, 0.717) is 0 Å². The fraction of sp³-hybridized carbons (Fsp3) is 0.429. The molecule has 0 saturated heterocycles.